The Kier molecular flexibility index (Phi) is 4.83. The number of pyridine rings is 1. The molecule has 1 saturated heterocycles. The van der Waals surface area contributed by atoms with Crippen molar-refractivity contribution in [3.63, 3.8) is 0 Å². The number of nitrogens with zero attached hydrogens (tertiary/aromatic N) is 2. The van der Waals surface area contributed by atoms with Crippen molar-refractivity contribution in [3.05, 3.63) is 94.1 Å². The first-order valence-electron chi connectivity index (χ1n) is 8.53. The maximum absolute atomic E-state index is 12.8. The van der Waals surface area contributed by atoms with Crippen LogP contribution in [0.3, 0.4) is 0 Å². The summed E-state index contributed by atoms with van der Waals surface area (Å²) in [5, 5.41) is 10.9. The lowest BCUT2D eigenvalue weighted by Gasteiger charge is -2.24. The summed E-state index contributed by atoms with van der Waals surface area (Å²) in [7, 11) is 0. The van der Waals surface area contributed by atoms with Crippen LogP contribution in [-0.4, -0.2) is 26.7 Å². The van der Waals surface area contributed by atoms with Crippen molar-refractivity contribution in [2.24, 2.45) is 0 Å². The third-order valence-corrected chi connectivity index (χ3v) is 5.09. The molecule has 1 amide bonds. The van der Waals surface area contributed by atoms with Gasteiger partial charge in [-0.3, -0.25) is 14.6 Å². The molecule has 3 heterocycles. The van der Waals surface area contributed by atoms with Crippen LogP contribution in [-0.2, 0) is 16.1 Å². The lowest BCUT2D eigenvalue weighted by Crippen LogP contribution is -2.29. The fraction of sp³-hybridized carbons (Fsp3) is 0.0952. The molecule has 0 bridgehead atoms. The van der Waals surface area contributed by atoms with Crippen LogP contribution >= 0.6 is 15.9 Å². The molecule has 1 N–H and O–H groups in total. The molecule has 6 nitrogen and oxygen atoms in total. The highest BCUT2D eigenvalue weighted by Gasteiger charge is 2.46. The zero-order valence-corrected chi connectivity index (χ0v) is 16.2. The highest BCUT2D eigenvalue weighted by atomic mass is 79.9. The second-order valence-corrected chi connectivity index (χ2v) is 7.22. The highest BCUT2D eigenvalue weighted by Crippen LogP contribution is 2.40. The summed E-state index contributed by atoms with van der Waals surface area (Å²) in [4.78, 5) is 31.1. The number of halogens is 1. The van der Waals surface area contributed by atoms with Crippen molar-refractivity contribution >= 4 is 33.4 Å². The van der Waals surface area contributed by atoms with Crippen LogP contribution in [0.1, 0.15) is 22.9 Å². The number of benzene rings is 1. The van der Waals surface area contributed by atoms with Gasteiger partial charge in [0.15, 0.2) is 0 Å². The zero-order chi connectivity index (χ0) is 19.7. The number of ketones is 1. The van der Waals surface area contributed by atoms with Crippen molar-refractivity contribution in [3.8, 4) is 0 Å². The monoisotopic (exact) mass is 438 g/mol. The molecular formula is C21H15BrN2O4. The Labute approximate surface area is 169 Å². The quantitative estimate of drug-likeness (QED) is 0.377. The molecule has 2 aromatic heterocycles. The van der Waals surface area contributed by atoms with Crippen molar-refractivity contribution < 1.29 is 19.1 Å². The van der Waals surface area contributed by atoms with Gasteiger partial charge in [0.2, 0.25) is 0 Å². The first kappa shape index (κ1) is 18.2. The third kappa shape index (κ3) is 3.25. The van der Waals surface area contributed by atoms with Crippen LogP contribution in [0.5, 0.6) is 0 Å². The van der Waals surface area contributed by atoms with Crippen molar-refractivity contribution in [1.82, 2.24) is 9.88 Å². The molecule has 1 aliphatic rings. The van der Waals surface area contributed by atoms with E-state index in [0.717, 1.165) is 4.47 Å². The van der Waals surface area contributed by atoms with E-state index in [0.29, 0.717) is 16.9 Å². The molecule has 1 aromatic carbocycles. The van der Waals surface area contributed by atoms with E-state index in [1.807, 2.05) is 0 Å². The molecule has 0 radical (unpaired) electrons. The number of furan rings is 1. The molecule has 1 fully saturated rings. The molecule has 140 valence electrons. The highest BCUT2D eigenvalue weighted by molar-refractivity contribution is 9.10. The molecule has 1 aliphatic heterocycles. The summed E-state index contributed by atoms with van der Waals surface area (Å²) in [5.74, 6) is -1.11. The molecule has 0 spiro atoms. The van der Waals surface area contributed by atoms with Gasteiger partial charge >= 0.3 is 0 Å². The van der Waals surface area contributed by atoms with Crippen molar-refractivity contribution in [2.75, 3.05) is 0 Å². The maximum atomic E-state index is 12.8. The number of carbonyl (C=O) groups excluding carboxylic acids is 2. The van der Waals surface area contributed by atoms with E-state index < -0.39 is 17.7 Å². The number of rotatable bonds is 4. The van der Waals surface area contributed by atoms with Gasteiger partial charge in [0, 0.05) is 22.4 Å². The molecule has 28 heavy (non-hydrogen) atoms. The van der Waals surface area contributed by atoms with E-state index in [4.69, 9.17) is 4.42 Å². The van der Waals surface area contributed by atoms with E-state index in [-0.39, 0.29) is 17.9 Å². The van der Waals surface area contributed by atoms with Crippen LogP contribution in [0.4, 0.5) is 0 Å². The third-order valence-electron chi connectivity index (χ3n) is 4.56. The van der Waals surface area contributed by atoms with Gasteiger partial charge in [0.25, 0.3) is 11.7 Å². The Bertz CT molecular complexity index is 1040. The van der Waals surface area contributed by atoms with Gasteiger partial charge in [-0.1, -0.05) is 34.1 Å². The molecule has 4 rings (SSSR count). The summed E-state index contributed by atoms with van der Waals surface area (Å²) in [6.07, 6.45) is 4.70. The molecule has 1 atom stereocenters. The number of likely N-dealkylation sites (tertiary alicyclic amines) is 1. The number of hydrogen-bond donors (Lipinski definition) is 1. The fourth-order valence-electron chi connectivity index (χ4n) is 3.26. The SMILES string of the molecule is O=C1C(=O)N(Cc2ccco2)[C@H](c2cccnc2)C1=C(O)c1ccc(Br)cc1. The lowest BCUT2D eigenvalue weighted by atomic mass is 9.96. The Morgan fingerprint density at radius 3 is 2.57 bits per heavy atom. The molecule has 0 unspecified atom stereocenters. The van der Waals surface area contributed by atoms with Crippen LogP contribution in [0.2, 0.25) is 0 Å². The van der Waals surface area contributed by atoms with E-state index >= 15 is 0 Å². The maximum Gasteiger partial charge on any atom is 0.296 e. The molecular weight excluding hydrogens is 424 g/mol. The van der Waals surface area contributed by atoms with E-state index in [9.17, 15) is 14.7 Å². The standard InChI is InChI=1S/C21H15BrN2O4/c22-15-7-5-13(6-8-15)19(25)17-18(14-3-1-9-23-11-14)24(21(27)20(17)26)12-16-4-2-10-28-16/h1-11,18,25H,12H2/t18-/m1/s1. The van der Waals surface area contributed by atoms with Gasteiger partial charge in [0.05, 0.1) is 24.4 Å². The summed E-state index contributed by atoms with van der Waals surface area (Å²) in [6, 6.07) is 13.1. The number of aliphatic hydroxyl groups is 1. The Balaban J connectivity index is 1.85. The lowest BCUT2D eigenvalue weighted by molar-refractivity contribution is -0.140. The average molecular weight is 439 g/mol. The van der Waals surface area contributed by atoms with Crippen LogP contribution in [0, 0.1) is 0 Å². The number of amides is 1. The van der Waals surface area contributed by atoms with Crippen LogP contribution in [0.15, 0.2) is 81.7 Å². The van der Waals surface area contributed by atoms with E-state index in [1.54, 1.807) is 60.9 Å². The largest absolute Gasteiger partial charge is 0.507 e. The van der Waals surface area contributed by atoms with Gasteiger partial charge in [-0.2, -0.15) is 0 Å². The Hall–Kier alpha value is -3.19. The molecule has 0 saturated carbocycles. The van der Waals surface area contributed by atoms with Crippen LogP contribution in [0.25, 0.3) is 5.76 Å². The van der Waals surface area contributed by atoms with Gasteiger partial charge in [-0.15, -0.1) is 0 Å². The summed E-state index contributed by atoms with van der Waals surface area (Å²) >= 11 is 3.35. The normalized spacial score (nSPS) is 18.6. The predicted molar refractivity (Wildman–Crippen MR) is 105 cm³/mol. The molecule has 7 heteroatoms. The van der Waals surface area contributed by atoms with Gasteiger partial charge in [0.1, 0.15) is 11.5 Å². The summed E-state index contributed by atoms with van der Waals surface area (Å²) < 4.78 is 6.19. The Morgan fingerprint density at radius 1 is 1.14 bits per heavy atom. The minimum atomic E-state index is -0.762. The second-order valence-electron chi connectivity index (χ2n) is 6.30. The Morgan fingerprint density at radius 2 is 1.93 bits per heavy atom. The molecule has 0 aliphatic carbocycles. The van der Waals surface area contributed by atoms with E-state index in [1.165, 1.54) is 11.2 Å². The topological polar surface area (TPSA) is 83.6 Å². The minimum Gasteiger partial charge on any atom is -0.507 e. The van der Waals surface area contributed by atoms with E-state index in [2.05, 4.69) is 20.9 Å². The predicted octanol–water partition coefficient (Wildman–Crippen LogP) is 4.06. The number of hydrogen-bond acceptors (Lipinski definition) is 5. The average Bonchev–Trinajstić information content (AvgIpc) is 3.31. The first-order valence-corrected chi connectivity index (χ1v) is 9.32. The van der Waals surface area contributed by atoms with Gasteiger partial charge in [-0.25, -0.2) is 0 Å². The number of carbonyl (C=O) groups is 2. The van der Waals surface area contributed by atoms with Crippen molar-refractivity contribution in [2.45, 2.75) is 12.6 Å². The zero-order valence-electron chi connectivity index (χ0n) is 14.6. The van der Waals surface area contributed by atoms with Crippen LogP contribution < -0.4 is 0 Å². The van der Waals surface area contributed by atoms with Gasteiger partial charge < -0.3 is 14.4 Å². The minimum absolute atomic E-state index is 0.0341. The number of aromatic nitrogens is 1. The second kappa shape index (κ2) is 7.44. The van der Waals surface area contributed by atoms with Gasteiger partial charge in [-0.05, 0) is 35.9 Å². The number of aliphatic hydroxyl groups excluding tert-OH is 1. The summed E-state index contributed by atoms with van der Waals surface area (Å²) in [6.45, 7) is 0.105. The smallest absolute Gasteiger partial charge is 0.296 e. The molecule has 3 aromatic rings. The van der Waals surface area contributed by atoms with Crippen molar-refractivity contribution in [1.29, 1.82) is 0 Å². The first-order chi connectivity index (χ1) is 13.6. The summed E-state index contributed by atoms with van der Waals surface area (Å²) in [5.41, 5.74) is 1.12. The fourth-order valence-corrected chi connectivity index (χ4v) is 3.53. The number of Topliss-reactive ketones (excluding diaryl/α,β-unsaturated/α-hetero) is 1.